The highest BCUT2D eigenvalue weighted by atomic mass is 19.4. The third kappa shape index (κ3) is 5.28. The van der Waals surface area contributed by atoms with Crippen LogP contribution >= 0.6 is 0 Å². The summed E-state index contributed by atoms with van der Waals surface area (Å²) in [5.74, 6) is 0. The van der Waals surface area contributed by atoms with Crippen LogP contribution in [0.2, 0.25) is 0 Å². The molecule has 1 aromatic heterocycles. The number of aryl methyl sites for hydroxylation is 1. The molecule has 0 fully saturated rings. The van der Waals surface area contributed by atoms with Crippen molar-refractivity contribution in [3.8, 4) is 0 Å². The first kappa shape index (κ1) is 19.0. The molecule has 1 heterocycles. The van der Waals surface area contributed by atoms with Gasteiger partial charge in [-0.15, -0.1) is 0 Å². The maximum atomic E-state index is 13.2. The van der Waals surface area contributed by atoms with Crippen LogP contribution in [0.15, 0.2) is 0 Å². The van der Waals surface area contributed by atoms with E-state index >= 15 is 0 Å². The Labute approximate surface area is 129 Å². The number of hydrogen-bond acceptors (Lipinski definition) is 3. The Morgan fingerprint density at radius 1 is 1.23 bits per heavy atom. The van der Waals surface area contributed by atoms with E-state index in [0.29, 0.717) is 12.2 Å². The zero-order chi connectivity index (χ0) is 17.1. The standard InChI is InChI=1S/C15H26F3N3O/c1-10-12(11(2)21(20-10)6-7-22)9-19-13(15(16,17)18)8-14(3,4)5/h13,19,22H,6-9H2,1-5H3. The topological polar surface area (TPSA) is 50.1 Å². The summed E-state index contributed by atoms with van der Waals surface area (Å²) in [5, 5.41) is 15.9. The molecule has 0 spiro atoms. The van der Waals surface area contributed by atoms with Crippen LogP contribution in [0.1, 0.15) is 44.1 Å². The molecular formula is C15H26F3N3O. The molecule has 1 unspecified atom stereocenters. The van der Waals surface area contributed by atoms with Gasteiger partial charge in [0.15, 0.2) is 0 Å². The van der Waals surface area contributed by atoms with E-state index < -0.39 is 17.6 Å². The van der Waals surface area contributed by atoms with Crippen LogP contribution in [0.3, 0.4) is 0 Å². The number of aliphatic hydroxyl groups is 1. The largest absolute Gasteiger partial charge is 0.403 e. The number of aromatic nitrogens is 2. The molecule has 7 heteroatoms. The van der Waals surface area contributed by atoms with Gasteiger partial charge in [-0.2, -0.15) is 18.3 Å². The lowest BCUT2D eigenvalue weighted by Gasteiger charge is -2.28. The summed E-state index contributed by atoms with van der Waals surface area (Å²) in [6, 6.07) is -1.55. The molecule has 4 nitrogen and oxygen atoms in total. The van der Waals surface area contributed by atoms with Crippen molar-refractivity contribution in [3.63, 3.8) is 0 Å². The summed E-state index contributed by atoms with van der Waals surface area (Å²) in [6.07, 6.45) is -4.27. The Morgan fingerprint density at radius 3 is 2.27 bits per heavy atom. The molecule has 0 saturated carbocycles. The van der Waals surface area contributed by atoms with Crippen molar-refractivity contribution in [2.45, 2.75) is 66.3 Å². The Hall–Kier alpha value is -1.08. The van der Waals surface area contributed by atoms with E-state index in [1.807, 2.05) is 0 Å². The second kappa shape index (κ2) is 7.00. The molecule has 0 aliphatic rings. The van der Waals surface area contributed by atoms with Crippen LogP contribution < -0.4 is 5.32 Å². The van der Waals surface area contributed by atoms with Gasteiger partial charge in [-0.25, -0.2) is 0 Å². The van der Waals surface area contributed by atoms with Crippen LogP contribution in [-0.4, -0.2) is 33.7 Å². The molecule has 0 amide bonds. The Bertz CT molecular complexity index is 489. The predicted molar refractivity (Wildman–Crippen MR) is 79.5 cm³/mol. The van der Waals surface area contributed by atoms with Crippen molar-refractivity contribution >= 4 is 0 Å². The van der Waals surface area contributed by atoms with Crippen LogP contribution in [0.25, 0.3) is 0 Å². The second-order valence-corrected chi connectivity index (χ2v) is 6.84. The molecule has 128 valence electrons. The van der Waals surface area contributed by atoms with Gasteiger partial charge in [-0.3, -0.25) is 4.68 Å². The van der Waals surface area contributed by atoms with E-state index in [4.69, 9.17) is 5.11 Å². The van der Waals surface area contributed by atoms with Crippen LogP contribution in [0, 0.1) is 19.3 Å². The van der Waals surface area contributed by atoms with E-state index in [1.54, 1.807) is 39.3 Å². The summed E-state index contributed by atoms with van der Waals surface area (Å²) in [6.45, 7) is 9.36. The van der Waals surface area contributed by atoms with E-state index in [2.05, 4.69) is 10.4 Å². The summed E-state index contributed by atoms with van der Waals surface area (Å²) in [4.78, 5) is 0. The summed E-state index contributed by atoms with van der Waals surface area (Å²) in [7, 11) is 0. The van der Waals surface area contributed by atoms with Crippen LogP contribution in [0.4, 0.5) is 13.2 Å². The van der Waals surface area contributed by atoms with Gasteiger partial charge < -0.3 is 10.4 Å². The number of rotatable bonds is 6. The number of nitrogens with one attached hydrogen (secondary N) is 1. The lowest BCUT2D eigenvalue weighted by atomic mass is 9.87. The van der Waals surface area contributed by atoms with Crippen molar-refractivity contribution in [1.82, 2.24) is 15.1 Å². The van der Waals surface area contributed by atoms with Gasteiger partial charge in [0.25, 0.3) is 0 Å². The highest BCUT2D eigenvalue weighted by molar-refractivity contribution is 5.24. The first-order valence-electron chi connectivity index (χ1n) is 7.39. The zero-order valence-electron chi connectivity index (χ0n) is 13.9. The molecule has 1 atom stereocenters. The number of alkyl halides is 3. The molecular weight excluding hydrogens is 295 g/mol. The molecule has 22 heavy (non-hydrogen) atoms. The molecule has 0 radical (unpaired) electrons. The number of aliphatic hydroxyl groups excluding tert-OH is 1. The monoisotopic (exact) mass is 321 g/mol. The summed E-state index contributed by atoms with van der Waals surface area (Å²) >= 11 is 0. The van der Waals surface area contributed by atoms with E-state index in [9.17, 15) is 13.2 Å². The second-order valence-electron chi connectivity index (χ2n) is 6.84. The van der Waals surface area contributed by atoms with Crippen LogP contribution in [0.5, 0.6) is 0 Å². The number of hydrogen-bond donors (Lipinski definition) is 2. The van der Waals surface area contributed by atoms with Crippen molar-refractivity contribution in [2.75, 3.05) is 6.61 Å². The van der Waals surface area contributed by atoms with Gasteiger partial charge in [0, 0.05) is 17.8 Å². The van der Waals surface area contributed by atoms with Gasteiger partial charge in [-0.05, 0) is 25.7 Å². The average molecular weight is 321 g/mol. The minimum absolute atomic E-state index is 0.0133. The Balaban J connectivity index is 2.85. The average Bonchev–Trinajstić information content (AvgIpc) is 2.59. The maximum Gasteiger partial charge on any atom is 0.403 e. The quantitative estimate of drug-likeness (QED) is 0.847. The smallest absolute Gasteiger partial charge is 0.394 e. The minimum Gasteiger partial charge on any atom is -0.394 e. The fourth-order valence-electron chi connectivity index (χ4n) is 2.44. The third-order valence-corrected chi connectivity index (χ3v) is 3.58. The SMILES string of the molecule is Cc1nn(CCO)c(C)c1CNC(CC(C)(C)C)C(F)(F)F. The van der Waals surface area contributed by atoms with E-state index in [-0.39, 0.29) is 19.6 Å². The maximum absolute atomic E-state index is 13.2. The Morgan fingerprint density at radius 2 is 1.82 bits per heavy atom. The molecule has 0 saturated heterocycles. The lowest BCUT2D eigenvalue weighted by Crippen LogP contribution is -2.44. The molecule has 1 rings (SSSR count). The molecule has 0 aromatic carbocycles. The fourth-order valence-corrected chi connectivity index (χ4v) is 2.44. The number of halogens is 3. The van der Waals surface area contributed by atoms with Crippen LogP contribution in [-0.2, 0) is 13.1 Å². The van der Waals surface area contributed by atoms with Gasteiger partial charge in [0.1, 0.15) is 6.04 Å². The Kier molecular flexibility index (Phi) is 6.03. The molecule has 2 N–H and O–H groups in total. The van der Waals surface area contributed by atoms with Gasteiger partial charge >= 0.3 is 6.18 Å². The summed E-state index contributed by atoms with van der Waals surface area (Å²) in [5.41, 5.74) is 1.82. The molecule has 0 aliphatic carbocycles. The van der Waals surface area contributed by atoms with E-state index in [0.717, 1.165) is 11.3 Å². The van der Waals surface area contributed by atoms with Gasteiger partial charge in [0.2, 0.25) is 0 Å². The van der Waals surface area contributed by atoms with E-state index in [1.165, 1.54) is 0 Å². The first-order valence-corrected chi connectivity index (χ1v) is 7.39. The fraction of sp³-hybridized carbons (Fsp3) is 0.800. The van der Waals surface area contributed by atoms with Gasteiger partial charge in [-0.1, -0.05) is 20.8 Å². The highest BCUT2D eigenvalue weighted by Gasteiger charge is 2.41. The number of nitrogens with zero attached hydrogens (tertiary/aromatic N) is 2. The van der Waals surface area contributed by atoms with Gasteiger partial charge in [0.05, 0.1) is 18.8 Å². The third-order valence-electron chi connectivity index (χ3n) is 3.58. The molecule has 1 aromatic rings. The normalized spacial score (nSPS) is 14.4. The lowest BCUT2D eigenvalue weighted by molar-refractivity contribution is -0.162. The first-order chi connectivity index (χ1) is 9.95. The zero-order valence-corrected chi connectivity index (χ0v) is 13.9. The van der Waals surface area contributed by atoms with Crippen molar-refractivity contribution < 1.29 is 18.3 Å². The highest BCUT2D eigenvalue weighted by Crippen LogP contribution is 2.31. The minimum atomic E-state index is -4.28. The summed E-state index contributed by atoms with van der Waals surface area (Å²) < 4.78 is 41.1. The van der Waals surface area contributed by atoms with Crippen molar-refractivity contribution in [3.05, 3.63) is 17.0 Å². The van der Waals surface area contributed by atoms with Crippen molar-refractivity contribution in [1.29, 1.82) is 0 Å². The molecule has 0 aliphatic heterocycles. The van der Waals surface area contributed by atoms with Crippen molar-refractivity contribution in [2.24, 2.45) is 5.41 Å². The predicted octanol–water partition coefficient (Wildman–Crippen LogP) is 2.95. The molecule has 0 bridgehead atoms.